The summed E-state index contributed by atoms with van der Waals surface area (Å²) in [5.74, 6) is -0.333. The summed E-state index contributed by atoms with van der Waals surface area (Å²) in [5, 5.41) is -0.224. The van der Waals surface area contributed by atoms with Gasteiger partial charge in [-0.25, -0.2) is 0 Å². The van der Waals surface area contributed by atoms with E-state index in [1.165, 1.54) is 0 Å². The summed E-state index contributed by atoms with van der Waals surface area (Å²) in [4.78, 5) is 45.7. The molecule has 2 N–H and O–H groups in total. The van der Waals surface area contributed by atoms with Gasteiger partial charge in [0.2, 0.25) is 0 Å². The largest absolute Gasteiger partial charge is 0.330 e. The lowest BCUT2D eigenvalue weighted by Crippen LogP contribution is -2.14. The number of carbonyl (C=O) groups excluding carboxylic acids is 4. The fraction of sp³-hybridized carbons (Fsp3) is 0.714. The molecule has 6 heteroatoms. The lowest BCUT2D eigenvalue weighted by atomic mass is 10.0. The number of carbonyl (C=O) groups is 4. The maximum Gasteiger partial charge on any atom is 0.196 e. The van der Waals surface area contributed by atoms with Crippen LogP contribution in [0.3, 0.4) is 0 Å². The van der Waals surface area contributed by atoms with Gasteiger partial charge in [-0.05, 0) is 25.1 Å². The minimum atomic E-state index is -0.406. The number of thioether (sulfide) groups is 1. The Labute approximate surface area is 124 Å². The minimum absolute atomic E-state index is 0.144. The second kappa shape index (κ2) is 11.8. The normalized spacial score (nSPS) is 10.3. The summed E-state index contributed by atoms with van der Waals surface area (Å²) in [5.41, 5.74) is 5.34. The number of Topliss-reactive ketones (excluding diaryl/α,β-unsaturated/α-hetero) is 3. The Morgan fingerprint density at radius 2 is 1.45 bits per heavy atom. The molecular weight excluding hydrogens is 278 g/mol. The van der Waals surface area contributed by atoms with Crippen molar-refractivity contribution in [2.24, 2.45) is 5.73 Å². The van der Waals surface area contributed by atoms with Crippen LogP contribution in [0.25, 0.3) is 0 Å². The van der Waals surface area contributed by atoms with Crippen molar-refractivity contribution >= 4 is 34.2 Å². The van der Waals surface area contributed by atoms with Gasteiger partial charge in [0.15, 0.2) is 5.12 Å². The van der Waals surface area contributed by atoms with Gasteiger partial charge in [-0.2, -0.15) is 0 Å². The third-order valence-corrected chi connectivity index (χ3v) is 3.35. The summed E-state index contributed by atoms with van der Waals surface area (Å²) >= 11 is 1.07. The third kappa shape index (κ3) is 10.9. The summed E-state index contributed by atoms with van der Waals surface area (Å²) < 4.78 is 0. The highest BCUT2D eigenvalue weighted by molar-refractivity contribution is 8.13. The molecule has 0 aromatic rings. The van der Waals surface area contributed by atoms with E-state index in [9.17, 15) is 19.2 Å². The molecule has 0 rings (SSSR count). The Kier molecular flexibility index (Phi) is 11.2. The van der Waals surface area contributed by atoms with Crippen molar-refractivity contribution in [3.63, 3.8) is 0 Å². The maximum atomic E-state index is 11.5. The van der Waals surface area contributed by atoms with Crippen LogP contribution in [0.2, 0.25) is 0 Å². The van der Waals surface area contributed by atoms with E-state index in [4.69, 9.17) is 5.73 Å². The van der Waals surface area contributed by atoms with Crippen molar-refractivity contribution < 1.29 is 19.2 Å². The molecule has 0 saturated carbocycles. The maximum absolute atomic E-state index is 11.5. The van der Waals surface area contributed by atoms with Gasteiger partial charge in [0.25, 0.3) is 0 Å². The molecule has 114 valence electrons. The van der Waals surface area contributed by atoms with E-state index in [-0.39, 0.29) is 30.2 Å². The predicted molar refractivity (Wildman–Crippen MR) is 79.5 cm³/mol. The number of unbranched alkanes of at least 4 members (excludes halogenated alkanes) is 2. The Morgan fingerprint density at radius 1 is 0.850 bits per heavy atom. The fourth-order valence-corrected chi connectivity index (χ4v) is 2.25. The molecule has 0 heterocycles. The lowest BCUT2D eigenvalue weighted by molar-refractivity contribution is -0.130. The monoisotopic (exact) mass is 301 g/mol. The molecule has 0 fully saturated rings. The number of hydrogen-bond acceptors (Lipinski definition) is 6. The van der Waals surface area contributed by atoms with E-state index in [1.807, 2.05) is 6.92 Å². The molecule has 0 unspecified atom stereocenters. The zero-order valence-corrected chi connectivity index (χ0v) is 12.8. The first-order valence-corrected chi connectivity index (χ1v) is 7.89. The minimum Gasteiger partial charge on any atom is -0.330 e. The smallest absolute Gasteiger partial charge is 0.196 e. The zero-order chi connectivity index (χ0) is 15.4. The molecule has 0 radical (unpaired) electrons. The van der Waals surface area contributed by atoms with Crippen LogP contribution in [0.15, 0.2) is 0 Å². The van der Waals surface area contributed by atoms with Crippen LogP contribution in [-0.2, 0) is 19.2 Å². The molecule has 0 aliphatic rings. The second-order valence-corrected chi connectivity index (χ2v) is 5.87. The molecular formula is C14H23NO4S. The van der Waals surface area contributed by atoms with E-state index in [2.05, 4.69) is 0 Å². The zero-order valence-electron chi connectivity index (χ0n) is 12.0. The highest BCUT2D eigenvalue weighted by atomic mass is 32.2. The van der Waals surface area contributed by atoms with Crippen LogP contribution in [0.4, 0.5) is 0 Å². The average Bonchev–Trinajstić information content (AvgIpc) is 2.34. The number of hydrogen-bond donors (Lipinski definition) is 1. The quantitative estimate of drug-likeness (QED) is 0.435. The van der Waals surface area contributed by atoms with Crippen LogP contribution < -0.4 is 5.73 Å². The Balaban J connectivity index is 3.83. The average molecular weight is 301 g/mol. The van der Waals surface area contributed by atoms with Gasteiger partial charge in [-0.15, -0.1) is 0 Å². The highest BCUT2D eigenvalue weighted by Gasteiger charge is 2.16. The molecule has 0 aromatic heterocycles. The highest BCUT2D eigenvalue weighted by Crippen LogP contribution is 2.08. The number of nitrogens with two attached hydrogens (primary N) is 1. The molecule has 0 aliphatic carbocycles. The van der Waals surface area contributed by atoms with Gasteiger partial charge in [-0.3, -0.25) is 19.2 Å². The Hall–Kier alpha value is -1.01. The van der Waals surface area contributed by atoms with Crippen LogP contribution in [0.5, 0.6) is 0 Å². The molecule has 0 bridgehead atoms. The molecule has 0 spiro atoms. The van der Waals surface area contributed by atoms with Crippen molar-refractivity contribution in [1.29, 1.82) is 0 Å². The Morgan fingerprint density at radius 3 is 2.05 bits per heavy atom. The van der Waals surface area contributed by atoms with Crippen LogP contribution in [0.1, 0.15) is 51.9 Å². The van der Waals surface area contributed by atoms with Gasteiger partial charge in [-0.1, -0.05) is 25.1 Å². The van der Waals surface area contributed by atoms with Crippen molar-refractivity contribution in [3.8, 4) is 0 Å². The van der Waals surface area contributed by atoms with Crippen LogP contribution >= 0.6 is 11.8 Å². The van der Waals surface area contributed by atoms with E-state index >= 15 is 0 Å². The number of ketones is 3. The lowest BCUT2D eigenvalue weighted by Gasteiger charge is -2.01. The molecule has 0 amide bonds. The topological polar surface area (TPSA) is 94.3 Å². The summed E-state index contributed by atoms with van der Waals surface area (Å²) in [6, 6.07) is 0. The first-order valence-electron chi connectivity index (χ1n) is 6.90. The second-order valence-electron chi connectivity index (χ2n) is 4.55. The first kappa shape index (κ1) is 19.0. The van der Waals surface area contributed by atoms with E-state index in [0.29, 0.717) is 18.7 Å². The van der Waals surface area contributed by atoms with E-state index in [0.717, 1.165) is 31.0 Å². The summed E-state index contributed by atoms with van der Waals surface area (Å²) in [6.07, 6.45) is 2.07. The van der Waals surface area contributed by atoms with Crippen LogP contribution in [-0.4, -0.2) is 34.8 Å². The van der Waals surface area contributed by atoms with Crippen molar-refractivity contribution in [2.45, 2.75) is 51.9 Å². The summed E-state index contributed by atoms with van der Waals surface area (Å²) in [7, 11) is 0. The number of rotatable bonds is 12. The van der Waals surface area contributed by atoms with Crippen molar-refractivity contribution in [3.05, 3.63) is 0 Å². The van der Waals surface area contributed by atoms with Gasteiger partial charge >= 0.3 is 0 Å². The SMILES string of the molecule is CCSC(=O)CC(=O)CC(=O)CC(=O)CCCCCN. The van der Waals surface area contributed by atoms with Crippen LogP contribution in [0, 0.1) is 0 Å². The first-order chi connectivity index (χ1) is 9.49. The fourth-order valence-electron chi connectivity index (χ4n) is 1.67. The molecule has 0 saturated heterocycles. The molecule has 0 aliphatic heterocycles. The van der Waals surface area contributed by atoms with Gasteiger partial charge < -0.3 is 5.73 Å². The predicted octanol–water partition coefficient (Wildman–Crippen LogP) is 1.66. The Bertz CT molecular complexity index is 355. The summed E-state index contributed by atoms with van der Waals surface area (Å²) in [6.45, 7) is 2.42. The van der Waals surface area contributed by atoms with E-state index in [1.54, 1.807) is 0 Å². The van der Waals surface area contributed by atoms with Crippen molar-refractivity contribution in [2.75, 3.05) is 12.3 Å². The van der Waals surface area contributed by atoms with Gasteiger partial charge in [0, 0.05) is 6.42 Å². The molecule has 0 aromatic carbocycles. The van der Waals surface area contributed by atoms with Gasteiger partial charge in [0.05, 0.1) is 19.3 Å². The van der Waals surface area contributed by atoms with Crippen molar-refractivity contribution in [1.82, 2.24) is 0 Å². The molecule has 0 atom stereocenters. The standard InChI is InChI=1S/C14H23NO4S/c1-2-20-14(19)10-13(18)9-12(17)8-11(16)6-4-3-5-7-15/h2-10,15H2,1H3. The molecule has 20 heavy (non-hydrogen) atoms. The van der Waals surface area contributed by atoms with Gasteiger partial charge in [0.1, 0.15) is 17.3 Å². The van der Waals surface area contributed by atoms with E-state index < -0.39 is 11.6 Å². The molecule has 5 nitrogen and oxygen atoms in total. The third-order valence-electron chi connectivity index (χ3n) is 2.60.